The Bertz CT molecular complexity index is 423. The maximum Gasteiger partial charge on any atom is 0.339 e. The van der Waals surface area contributed by atoms with E-state index in [4.69, 9.17) is 14.6 Å². The molecule has 1 aromatic rings. The third-order valence-electron chi connectivity index (χ3n) is 2.05. The molecule has 0 aliphatic heterocycles. The maximum atomic E-state index is 11.0. The average molecular weight is 317 g/mol. The second-order valence-electron chi connectivity index (χ2n) is 4.75. The van der Waals surface area contributed by atoms with Crippen LogP contribution in [0, 0.1) is 0 Å². The van der Waals surface area contributed by atoms with Crippen LogP contribution in [-0.4, -0.2) is 29.9 Å². The topological polar surface area (TPSA) is 55.8 Å². The van der Waals surface area contributed by atoms with E-state index < -0.39 is 5.97 Å². The Kier molecular flexibility index (Phi) is 5.16. The van der Waals surface area contributed by atoms with Gasteiger partial charge in [0.25, 0.3) is 0 Å². The number of carboxylic acids is 1. The van der Waals surface area contributed by atoms with E-state index in [0.717, 1.165) is 0 Å². The van der Waals surface area contributed by atoms with Gasteiger partial charge in [-0.1, -0.05) is 15.9 Å². The Morgan fingerprint density at radius 2 is 2.00 bits per heavy atom. The Hall–Kier alpha value is -1.07. The van der Waals surface area contributed by atoms with Crippen molar-refractivity contribution in [2.24, 2.45) is 0 Å². The molecular weight excluding hydrogens is 300 g/mol. The van der Waals surface area contributed by atoms with Crippen molar-refractivity contribution < 1.29 is 19.4 Å². The van der Waals surface area contributed by atoms with E-state index in [1.807, 2.05) is 20.8 Å². The van der Waals surface area contributed by atoms with Crippen LogP contribution in [0.1, 0.15) is 31.1 Å². The van der Waals surface area contributed by atoms with Gasteiger partial charge in [-0.05, 0) is 39.0 Å². The maximum absolute atomic E-state index is 11.0. The van der Waals surface area contributed by atoms with Gasteiger partial charge in [0, 0.05) is 4.47 Å². The van der Waals surface area contributed by atoms with Gasteiger partial charge < -0.3 is 14.6 Å². The molecule has 1 rings (SSSR count). The van der Waals surface area contributed by atoms with Crippen molar-refractivity contribution in [2.45, 2.75) is 26.4 Å². The van der Waals surface area contributed by atoms with Gasteiger partial charge in [-0.15, -0.1) is 0 Å². The highest BCUT2D eigenvalue weighted by atomic mass is 79.9. The predicted molar refractivity (Wildman–Crippen MR) is 72.3 cm³/mol. The number of hydrogen-bond acceptors (Lipinski definition) is 3. The van der Waals surface area contributed by atoms with Crippen molar-refractivity contribution in [1.82, 2.24) is 0 Å². The minimum absolute atomic E-state index is 0.139. The third-order valence-corrected chi connectivity index (χ3v) is 2.54. The van der Waals surface area contributed by atoms with E-state index in [-0.39, 0.29) is 11.2 Å². The lowest BCUT2D eigenvalue weighted by Crippen LogP contribution is -2.22. The Labute approximate surface area is 115 Å². The molecular formula is C13H17BrO4. The number of benzene rings is 1. The van der Waals surface area contributed by atoms with E-state index in [1.165, 1.54) is 6.07 Å². The number of ether oxygens (including phenoxy) is 2. The minimum atomic E-state index is -1.01. The highest BCUT2D eigenvalue weighted by Gasteiger charge is 2.13. The van der Waals surface area contributed by atoms with Crippen LogP contribution < -0.4 is 4.74 Å². The number of carbonyl (C=O) groups is 1. The number of hydrogen-bond donors (Lipinski definition) is 1. The fourth-order valence-corrected chi connectivity index (χ4v) is 1.66. The minimum Gasteiger partial charge on any atom is -0.490 e. The van der Waals surface area contributed by atoms with Gasteiger partial charge in [0.2, 0.25) is 0 Å². The van der Waals surface area contributed by atoms with Crippen LogP contribution in [0.4, 0.5) is 0 Å². The van der Waals surface area contributed by atoms with Crippen molar-refractivity contribution in [1.29, 1.82) is 0 Å². The second kappa shape index (κ2) is 6.20. The Morgan fingerprint density at radius 1 is 1.33 bits per heavy atom. The van der Waals surface area contributed by atoms with Crippen molar-refractivity contribution in [3.8, 4) is 5.75 Å². The van der Waals surface area contributed by atoms with E-state index >= 15 is 0 Å². The van der Waals surface area contributed by atoms with Gasteiger partial charge in [0.1, 0.15) is 17.9 Å². The molecule has 0 saturated carbocycles. The largest absolute Gasteiger partial charge is 0.490 e. The summed E-state index contributed by atoms with van der Waals surface area (Å²) in [5.74, 6) is -0.661. The molecule has 1 aromatic carbocycles. The zero-order chi connectivity index (χ0) is 13.8. The molecule has 4 nitrogen and oxygen atoms in total. The number of aromatic carboxylic acids is 1. The standard InChI is InChI=1S/C13H17BrO4/c1-13(2,3)18-7-6-17-11-5-4-9(14)8-10(11)12(15)16/h4-5,8H,6-7H2,1-3H3,(H,15,16). The monoisotopic (exact) mass is 316 g/mol. The molecule has 0 bridgehead atoms. The molecule has 0 aliphatic carbocycles. The summed E-state index contributed by atoms with van der Waals surface area (Å²) in [7, 11) is 0. The summed E-state index contributed by atoms with van der Waals surface area (Å²) in [6.07, 6.45) is 0. The lowest BCUT2D eigenvalue weighted by molar-refractivity contribution is -0.0164. The first-order valence-corrected chi connectivity index (χ1v) is 6.38. The summed E-state index contributed by atoms with van der Waals surface area (Å²) in [5.41, 5.74) is -0.0845. The highest BCUT2D eigenvalue weighted by Crippen LogP contribution is 2.23. The van der Waals surface area contributed by atoms with Crippen LogP contribution in [0.5, 0.6) is 5.75 Å². The molecule has 0 fully saturated rings. The molecule has 0 amide bonds. The van der Waals surface area contributed by atoms with Crippen LogP contribution in [0.25, 0.3) is 0 Å². The summed E-state index contributed by atoms with van der Waals surface area (Å²) < 4.78 is 11.6. The van der Waals surface area contributed by atoms with Crippen molar-refractivity contribution in [3.63, 3.8) is 0 Å². The van der Waals surface area contributed by atoms with E-state index in [1.54, 1.807) is 12.1 Å². The molecule has 1 N–H and O–H groups in total. The van der Waals surface area contributed by atoms with Crippen molar-refractivity contribution in [3.05, 3.63) is 28.2 Å². The summed E-state index contributed by atoms with van der Waals surface area (Å²) in [5, 5.41) is 9.04. The number of carboxylic acid groups (broad SMARTS) is 1. The fourth-order valence-electron chi connectivity index (χ4n) is 1.29. The van der Waals surface area contributed by atoms with Crippen LogP contribution >= 0.6 is 15.9 Å². The van der Waals surface area contributed by atoms with Crippen molar-refractivity contribution >= 4 is 21.9 Å². The van der Waals surface area contributed by atoms with Gasteiger partial charge in [0.15, 0.2) is 0 Å². The molecule has 0 aliphatic rings. The first-order chi connectivity index (χ1) is 8.29. The molecule has 0 spiro atoms. The lowest BCUT2D eigenvalue weighted by atomic mass is 10.2. The van der Waals surface area contributed by atoms with E-state index in [2.05, 4.69) is 15.9 Å². The molecule has 0 atom stereocenters. The van der Waals surface area contributed by atoms with Gasteiger partial charge in [-0.2, -0.15) is 0 Å². The Balaban J connectivity index is 2.59. The first-order valence-electron chi connectivity index (χ1n) is 5.59. The Morgan fingerprint density at radius 3 is 2.56 bits per heavy atom. The van der Waals surface area contributed by atoms with E-state index in [0.29, 0.717) is 23.4 Å². The summed E-state index contributed by atoms with van der Waals surface area (Å²) in [6, 6.07) is 4.89. The summed E-state index contributed by atoms with van der Waals surface area (Å²) >= 11 is 3.23. The number of halogens is 1. The third kappa shape index (κ3) is 5.06. The highest BCUT2D eigenvalue weighted by molar-refractivity contribution is 9.10. The van der Waals surface area contributed by atoms with Gasteiger partial charge >= 0.3 is 5.97 Å². The van der Waals surface area contributed by atoms with Crippen LogP contribution in [0.15, 0.2) is 22.7 Å². The van der Waals surface area contributed by atoms with Crippen molar-refractivity contribution in [2.75, 3.05) is 13.2 Å². The molecule has 0 saturated heterocycles. The second-order valence-corrected chi connectivity index (χ2v) is 5.67. The summed E-state index contributed by atoms with van der Waals surface area (Å²) in [6.45, 7) is 6.59. The van der Waals surface area contributed by atoms with Gasteiger partial charge in [-0.25, -0.2) is 4.79 Å². The van der Waals surface area contributed by atoms with Crippen LogP contribution in [0.2, 0.25) is 0 Å². The molecule has 5 heteroatoms. The number of rotatable bonds is 5. The normalized spacial score (nSPS) is 11.3. The average Bonchev–Trinajstić information content (AvgIpc) is 2.24. The van der Waals surface area contributed by atoms with Gasteiger partial charge in [-0.3, -0.25) is 0 Å². The molecule has 0 radical (unpaired) electrons. The zero-order valence-corrected chi connectivity index (χ0v) is 12.3. The molecule has 18 heavy (non-hydrogen) atoms. The predicted octanol–water partition coefficient (Wildman–Crippen LogP) is 3.34. The molecule has 0 heterocycles. The molecule has 100 valence electrons. The molecule has 0 aromatic heterocycles. The first kappa shape index (κ1) is 15.0. The molecule has 0 unspecified atom stereocenters. The van der Waals surface area contributed by atoms with Gasteiger partial charge in [0.05, 0.1) is 12.2 Å². The fraction of sp³-hybridized carbons (Fsp3) is 0.462. The van der Waals surface area contributed by atoms with Crippen LogP contribution in [0.3, 0.4) is 0 Å². The quantitative estimate of drug-likeness (QED) is 0.846. The lowest BCUT2D eigenvalue weighted by Gasteiger charge is -2.19. The smallest absolute Gasteiger partial charge is 0.339 e. The SMILES string of the molecule is CC(C)(C)OCCOc1ccc(Br)cc1C(=O)O. The van der Waals surface area contributed by atoms with Crippen LogP contribution in [-0.2, 0) is 4.74 Å². The summed E-state index contributed by atoms with van der Waals surface area (Å²) in [4.78, 5) is 11.0. The zero-order valence-electron chi connectivity index (χ0n) is 10.7. The van der Waals surface area contributed by atoms with E-state index in [9.17, 15) is 4.79 Å².